The molecule has 1 aliphatic heterocycles. The van der Waals surface area contributed by atoms with Crippen molar-refractivity contribution in [2.75, 3.05) is 23.7 Å². The van der Waals surface area contributed by atoms with Gasteiger partial charge in [0.05, 0.1) is 18.0 Å². The number of halogens is 1. The Bertz CT molecular complexity index is 928. The summed E-state index contributed by atoms with van der Waals surface area (Å²) >= 11 is 6.02. The van der Waals surface area contributed by atoms with Gasteiger partial charge in [-0.1, -0.05) is 31.0 Å². The first-order chi connectivity index (χ1) is 14.4. The molecule has 0 unspecified atom stereocenters. The molecule has 1 amide bonds. The number of nitrogens with zero attached hydrogens (tertiary/aromatic N) is 3. The molecule has 1 fully saturated rings. The van der Waals surface area contributed by atoms with E-state index in [1.807, 2.05) is 37.3 Å². The molecule has 0 bridgehead atoms. The molecule has 30 heavy (non-hydrogen) atoms. The summed E-state index contributed by atoms with van der Waals surface area (Å²) < 4.78 is 26.5. The lowest BCUT2D eigenvalue weighted by atomic mass is 9.96. The zero-order valence-corrected chi connectivity index (χ0v) is 18.8. The highest BCUT2D eigenvalue weighted by Gasteiger charge is 2.33. The molecule has 1 saturated heterocycles. The van der Waals surface area contributed by atoms with Gasteiger partial charge in [0, 0.05) is 35.9 Å². The van der Waals surface area contributed by atoms with Crippen LogP contribution < -0.4 is 4.90 Å². The van der Waals surface area contributed by atoms with Gasteiger partial charge in [0.2, 0.25) is 15.9 Å². The minimum Gasteiger partial charge on any atom is -0.306 e. The number of unbranched alkanes of at least 4 members (excludes halogenated alkanes) is 1. The SMILES string of the molecule is CCCCS(=O)(=O)N1CCC(C(=O)N(Cc2ccccn2)c2ccc(Cl)cc2)CC1. The van der Waals surface area contributed by atoms with E-state index in [-0.39, 0.29) is 17.6 Å². The van der Waals surface area contributed by atoms with Crippen molar-refractivity contribution in [1.29, 1.82) is 0 Å². The molecule has 1 aromatic carbocycles. The lowest BCUT2D eigenvalue weighted by Crippen LogP contribution is -2.45. The van der Waals surface area contributed by atoms with E-state index in [4.69, 9.17) is 11.6 Å². The highest BCUT2D eigenvalue weighted by Crippen LogP contribution is 2.27. The van der Waals surface area contributed by atoms with Crippen LogP contribution in [0.5, 0.6) is 0 Å². The first kappa shape index (κ1) is 22.7. The molecule has 0 saturated carbocycles. The van der Waals surface area contributed by atoms with Crippen molar-refractivity contribution in [2.45, 2.75) is 39.2 Å². The van der Waals surface area contributed by atoms with Gasteiger partial charge in [-0.2, -0.15) is 0 Å². The summed E-state index contributed by atoms with van der Waals surface area (Å²) in [5, 5.41) is 0.606. The van der Waals surface area contributed by atoms with E-state index < -0.39 is 10.0 Å². The Labute approximate surface area is 183 Å². The van der Waals surface area contributed by atoms with Crippen molar-refractivity contribution in [2.24, 2.45) is 5.92 Å². The number of anilines is 1. The third-order valence-electron chi connectivity index (χ3n) is 5.40. The zero-order chi connectivity index (χ0) is 21.6. The number of sulfonamides is 1. The molecule has 1 aromatic heterocycles. The van der Waals surface area contributed by atoms with E-state index in [1.165, 1.54) is 4.31 Å². The summed E-state index contributed by atoms with van der Waals surface area (Å²) in [6.07, 6.45) is 4.26. The maximum Gasteiger partial charge on any atom is 0.230 e. The summed E-state index contributed by atoms with van der Waals surface area (Å²) in [4.78, 5) is 19.5. The van der Waals surface area contributed by atoms with Gasteiger partial charge in [0.25, 0.3) is 0 Å². The monoisotopic (exact) mass is 449 g/mol. The molecule has 2 heterocycles. The van der Waals surface area contributed by atoms with Crippen LogP contribution >= 0.6 is 11.6 Å². The fraction of sp³-hybridized carbons (Fsp3) is 0.455. The maximum absolute atomic E-state index is 13.4. The Morgan fingerprint density at radius 2 is 1.87 bits per heavy atom. The first-order valence-corrected chi connectivity index (χ1v) is 12.3. The highest BCUT2D eigenvalue weighted by molar-refractivity contribution is 7.89. The number of rotatable bonds is 8. The van der Waals surface area contributed by atoms with Crippen LogP contribution in [0.15, 0.2) is 48.7 Å². The molecule has 3 rings (SSSR count). The second-order valence-corrected chi connectivity index (χ2v) is 10.1. The average Bonchev–Trinajstić information content (AvgIpc) is 2.77. The molecule has 2 aromatic rings. The number of hydrogen-bond donors (Lipinski definition) is 0. The molecule has 0 atom stereocenters. The largest absolute Gasteiger partial charge is 0.306 e. The van der Waals surface area contributed by atoms with E-state index >= 15 is 0 Å². The molecule has 0 N–H and O–H groups in total. The molecular weight excluding hydrogens is 422 g/mol. The Balaban J connectivity index is 1.73. The second-order valence-electron chi connectivity index (χ2n) is 7.56. The molecule has 0 spiro atoms. The van der Waals surface area contributed by atoms with Gasteiger partial charge in [-0.15, -0.1) is 0 Å². The van der Waals surface area contributed by atoms with Gasteiger partial charge in [0.15, 0.2) is 0 Å². The molecular formula is C22H28ClN3O3S. The van der Waals surface area contributed by atoms with E-state index in [0.29, 0.717) is 43.9 Å². The highest BCUT2D eigenvalue weighted by atomic mass is 35.5. The number of carbonyl (C=O) groups is 1. The van der Waals surface area contributed by atoms with Crippen LogP contribution in [0, 0.1) is 5.92 Å². The smallest absolute Gasteiger partial charge is 0.230 e. The van der Waals surface area contributed by atoms with Crippen LogP contribution in [-0.2, 0) is 21.4 Å². The minimum atomic E-state index is -3.24. The lowest BCUT2D eigenvalue weighted by molar-refractivity contribution is -0.123. The fourth-order valence-corrected chi connectivity index (χ4v) is 5.43. The van der Waals surface area contributed by atoms with Crippen LogP contribution in [0.1, 0.15) is 38.3 Å². The predicted octanol–water partition coefficient (Wildman–Crippen LogP) is 4.11. The van der Waals surface area contributed by atoms with Crippen LogP contribution in [0.25, 0.3) is 0 Å². The molecule has 0 aliphatic carbocycles. The number of aromatic nitrogens is 1. The number of carbonyl (C=O) groups excluding carboxylic acids is 1. The van der Waals surface area contributed by atoms with Crippen molar-refractivity contribution >= 4 is 33.2 Å². The molecule has 0 radical (unpaired) electrons. The number of piperidine rings is 1. The third-order valence-corrected chi connectivity index (χ3v) is 7.61. The molecule has 1 aliphatic rings. The maximum atomic E-state index is 13.4. The van der Waals surface area contributed by atoms with Crippen LogP contribution in [0.3, 0.4) is 0 Å². The normalized spacial score (nSPS) is 15.8. The summed E-state index contributed by atoms with van der Waals surface area (Å²) in [5.74, 6) is -0.0470. The zero-order valence-electron chi connectivity index (χ0n) is 17.2. The summed E-state index contributed by atoms with van der Waals surface area (Å²) in [6.45, 7) is 3.12. The van der Waals surface area contributed by atoms with Gasteiger partial charge >= 0.3 is 0 Å². The van der Waals surface area contributed by atoms with E-state index in [2.05, 4.69) is 4.98 Å². The molecule has 8 heteroatoms. The van der Waals surface area contributed by atoms with Crippen molar-refractivity contribution in [3.05, 3.63) is 59.4 Å². The van der Waals surface area contributed by atoms with Gasteiger partial charge in [-0.3, -0.25) is 9.78 Å². The van der Waals surface area contributed by atoms with Crippen molar-refractivity contribution in [1.82, 2.24) is 9.29 Å². The van der Waals surface area contributed by atoms with Gasteiger partial charge in [-0.05, 0) is 55.7 Å². The topological polar surface area (TPSA) is 70.6 Å². The Kier molecular flexibility index (Phi) is 7.86. The van der Waals surface area contributed by atoms with Gasteiger partial charge in [-0.25, -0.2) is 12.7 Å². The second kappa shape index (κ2) is 10.4. The quantitative estimate of drug-likeness (QED) is 0.608. The fourth-order valence-electron chi connectivity index (χ4n) is 3.63. The Hall–Kier alpha value is -1.96. The van der Waals surface area contributed by atoms with Crippen LogP contribution in [0.4, 0.5) is 5.69 Å². The minimum absolute atomic E-state index is 0.00594. The average molecular weight is 450 g/mol. The summed E-state index contributed by atoms with van der Waals surface area (Å²) in [7, 11) is -3.24. The van der Waals surface area contributed by atoms with E-state index in [1.54, 1.807) is 23.2 Å². The van der Waals surface area contributed by atoms with Crippen LogP contribution in [-0.4, -0.2) is 42.5 Å². The Morgan fingerprint density at radius 1 is 1.17 bits per heavy atom. The van der Waals surface area contributed by atoms with Crippen molar-refractivity contribution in [3.8, 4) is 0 Å². The summed E-state index contributed by atoms with van der Waals surface area (Å²) in [6, 6.07) is 12.8. The van der Waals surface area contributed by atoms with Crippen molar-refractivity contribution < 1.29 is 13.2 Å². The van der Waals surface area contributed by atoms with Gasteiger partial charge in [0.1, 0.15) is 0 Å². The molecule has 6 nitrogen and oxygen atoms in total. The van der Waals surface area contributed by atoms with E-state index in [0.717, 1.165) is 17.8 Å². The van der Waals surface area contributed by atoms with Gasteiger partial charge < -0.3 is 4.90 Å². The lowest BCUT2D eigenvalue weighted by Gasteiger charge is -2.33. The number of pyridine rings is 1. The van der Waals surface area contributed by atoms with Crippen LogP contribution in [0.2, 0.25) is 5.02 Å². The van der Waals surface area contributed by atoms with Crippen molar-refractivity contribution in [3.63, 3.8) is 0 Å². The molecule has 162 valence electrons. The number of amides is 1. The number of benzene rings is 1. The standard InChI is InChI=1S/C22H28ClN3O3S/c1-2-3-16-30(28,29)25-14-11-18(12-15-25)22(27)26(17-20-6-4-5-13-24-20)21-9-7-19(23)8-10-21/h4-10,13,18H,2-3,11-12,14-17H2,1H3. The Morgan fingerprint density at radius 3 is 2.47 bits per heavy atom. The third kappa shape index (κ3) is 5.80. The predicted molar refractivity (Wildman–Crippen MR) is 120 cm³/mol. The first-order valence-electron chi connectivity index (χ1n) is 10.4. The number of hydrogen-bond acceptors (Lipinski definition) is 4. The summed E-state index contributed by atoms with van der Waals surface area (Å²) in [5.41, 5.74) is 1.55. The van der Waals surface area contributed by atoms with E-state index in [9.17, 15) is 13.2 Å².